The maximum atomic E-state index is 12.6. The zero-order valence-corrected chi connectivity index (χ0v) is 11.4. The Labute approximate surface area is 115 Å². The Kier molecular flexibility index (Phi) is 5.23. The summed E-state index contributed by atoms with van der Waals surface area (Å²) in [6.45, 7) is 4.52. The van der Waals surface area contributed by atoms with E-state index in [9.17, 15) is 18.0 Å². The molecule has 0 aliphatic heterocycles. The molecule has 19 heavy (non-hydrogen) atoms. The molecule has 0 N–H and O–H groups in total. The van der Waals surface area contributed by atoms with E-state index in [4.69, 9.17) is 11.6 Å². The standard InChI is InChI=1S/C13H15ClF3NO/c1-3-18(4-2)12(19)11(14)9-6-5-7-10(8-9)13(15,16)17/h5-8,11H,3-4H2,1-2H3. The van der Waals surface area contributed by atoms with E-state index in [2.05, 4.69) is 0 Å². The fourth-order valence-corrected chi connectivity index (χ4v) is 1.98. The molecule has 0 aliphatic rings. The zero-order chi connectivity index (χ0) is 14.6. The maximum absolute atomic E-state index is 12.6. The van der Waals surface area contributed by atoms with Crippen LogP contribution < -0.4 is 0 Å². The lowest BCUT2D eigenvalue weighted by atomic mass is 10.1. The first-order valence-electron chi connectivity index (χ1n) is 5.91. The van der Waals surface area contributed by atoms with Crippen molar-refractivity contribution in [2.75, 3.05) is 13.1 Å². The molecular weight excluding hydrogens is 279 g/mol. The highest BCUT2D eigenvalue weighted by molar-refractivity contribution is 6.30. The number of benzene rings is 1. The zero-order valence-electron chi connectivity index (χ0n) is 10.7. The molecule has 0 fully saturated rings. The highest BCUT2D eigenvalue weighted by Crippen LogP contribution is 2.32. The van der Waals surface area contributed by atoms with Crippen LogP contribution in [0.2, 0.25) is 0 Å². The fraction of sp³-hybridized carbons (Fsp3) is 0.462. The molecule has 0 aliphatic carbocycles. The summed E-state index contributed by atoms with van der Waals surface area (Å²) in [6.07, 6.45) is -4.44. The van der Waals surface area contributed by atoms with Gasteiger partial charge in [0.25, 0.3) is 0 Å². The smallest absolute Gasteiger partial charge is 0.342 e. The molecule has 0 spiro atoms. The Hall–Kier alpha value is -1.23. The molecule has 1 aromatic rings. The van der Waals surface area contributed by atoms with Crippen LogP contribution >= 0.6 is 11.6 Å². The third-order valence-electron chi connectivity index (χ3n) is 2.80. The van der Waals surface area contributed by atoms with Crippen molar-refractivity contribution < 1.29 is 18.0 Å². The fourth-order valence-electron chi connectivity index (χ4n) is 1.71. The van der Waals surface area contributed by atoms with E-state index in [1.54, 1.807) is 13.8 Å². The lowest BCUT2D eigenvalue weighted by molar-refractivity contribution is -0.138. The van der Waals surface area contributed by atoms with E-state index in [0.717, 1.165) is 12.1 Å². The van der Waals surface area contributed by atoms with E-state index in [1.165, 1.54) is 17.0 Å². The SMILES string of the molecule is CCN(CC)C(=O)C(Cl)c1cccc(C(F)(F)F)c1. The van der Waals surface area contributed by atoms with E-state index >= 15 is 0 Å². The minimum atomic E-state index is -4.44. The summed E-state index contributed by atoms with van der Waals surface area (Å²) in [5.74, 6) is -0.383. The van der Waals surface area contributed by atoms with Crippen molar-refractivity contribution in [1.82, 2.24) is 4.90 Å². The Morgan fingerprint density at radius 3 is 2.37 bits per heavy atom. The number of halogens is 4. The van der Waals surface area contributed by atoms with Gasteiger partial charge in [0.1, 0.15) is 5.38 Å². The summed E-state index contributed by atoms with van der Waals surface area (Å²) in [5.41, 5.74) is -0.642. The van der Waals surface area contributed by atoms with Crippen molar-refractivity contribution in [1.29, 1.82) is 0 Å². The molecule has 1 aromatic carbocycles. The summed E-state index contributed by atoms with van der Waals surface area (Å²) in [4.78, 5) is 13.5. The van der Waals surface area contributed by atoms with Crippen LogP contribution in [0.15, 0.2) is 24.3 Å². The predicted octanol–water partition coefficient (Wildman–Crippen LogP) is 3.85. The van der Waals surface area contributed by atoms with E-state index in [1.807, 2.05) is 0 Å². The maximum Gasteiger partial charge on any atom is 0.416 e. The van der Waals surface area contributed by atoms with Crippen molar-refractivity contribution >= 4 is 17.5 Å². The lowest BCUT2D eigenvalue weighted by Crippen LogP contribution is -2.33. The molecule has 106 valence electrons. The van der Waals surface area contributed by atoms with Gasteiger partial charge in [-0.05, 0) is 31.5 Å². The molecule has 1 rings (SSSR count). The number of amides is 1. The van der Waals surface area contributed by atoms with E-state index in [0.29, 0.717) is 13.1 Å². The largest absolute Gasteiger partial charge is 0.416 e. The van der Waals surface area contributed by atoms with Crippen LogP contribution in [0, 0.1) is 0 Å². The summed E-state index contributed by atoms with van der Waals surface area (Å²) in [5, 5.41) is -1.10. The lowest BCUT2D eigenvalue weighted by Gasteiger charge is -2.22. The average Bonchev–Trinajstić information content (AvgIpc) is 2.38. The minimum Gasteiger partial charge on any atom is -0.342 e. The number of rotatable bonds is 4. The first-order valence-corrected chi connectivity index (χ1v) is 6.34. The second kappa shape index (κ2) is 6.28. The third kappa shape index (κ3) is 3.86. The molecule has 0 aromatic heterocycles. The molecule has 1 amide bonds. The van der Waals surface area contributed by atoms with Gasteiger partial charge in [-0.25, -0.2) is 0 Å². The molecule has 1 unspecified atom stereocenters. The number of carbonyl (C=O) groups excluding carboxylic acids is 1. The topological polar surface area (TPSA) is 20.3 Å². The molecule has 0 heterocycles. The molecule has 6 heteroatoms. The molecule has 0 radical (unpaired) electrons. The van der Waals surface area contributed by atoms with Crippen LogP contribution in [-0.2, 0) is 11.0 Å². The van der Waals surface area contributed by atoms with Crippen molar-refractivity contribution in [3.63, 3.8) is 0 Å². The van der Waals surface area contributed by atoms with Gasteiger partial charge in [0, 0.05) is 13.1 Å². The first-order chi connectivity index (χ1) is 8.81. The van der Waals surface area contributed by atoms with Gasteiger partial charge in [-0.15, -0.1) is 11.6 Å². The van der Waals surface area contributed by atoms with Crippen molar-refractivity contribution in [3.05, 3.63) is 35.4 Å². The van der Waals surface area contributed by atoms with Gasteiger partial charge in [0.05, 0.1) is 5.56 Å². The van der Waals surface area contributed by atoms with Crippen molar-refractivity contribution in [2.24, 2.45) is 0 Å². The first kappa shape index (κ1) is 15.8. The minimum absolute atomic E-state index is 0.161. The van der Waals surface area contributed by atoms with Crippen LogP contribution in [0.5, 0.6) is 0 Å². The van der Waals surface area contributed by atoms with Gasteiger partial charge in [-0.2, -0.15) is 13.2 Å². The van der Waals surface area contributed by atoms with Crippen molar-refractivity contribution in [2.45, 2.75) is 25.4 Å². The van der Waals surface area contributed by atoms with Gasteiger partial charge >= 0.3 is 6.18 Å². The predicted molar refractivity (Wildman–Crippen MR) is 68.0 cm³/mol. The normalized spacial score (nSPS) is 13.2. The number of hydrogen-bond acceptors (Lipinski definition) is 1. The van der Waals surface area contributed by atoms with Gasteiger partial charge < -0.3 is 4.90 Å². The summed E-state index contributed by atoms with van der Waals surface area (Å²) in [7, 11) is 0. The van der Waals surface area contributed by atoms with Crippen LogP contribution in [0.25, 0.3) is 0 Å². The third-order valence-corrected chi connectivity index (χ3v) is 3.24. The van der Waals surface area contributed by atoms with Crippen LogP contribution in [0.1, 0.15) is 30.4 Å². The van der Waals surface area contributed by atoms with E-state index < -0.39 is 17.1 Å². The number of nitrogens with zero attached hydrogens (tertiary/aromatic N) is 1. The number of alkyl halides is 4. The van der Waals surface area contributed by atoms with Crippen LogP contribution in [0.3, 0.4) is 0 Å². The average molecular weight is 294 g/mol. The molecule has 0 saturated carbocycles. The second-order valence-electron chi connectivity index (χ2n) is 4.00. The summed E-state index contributed by atoms with van der Waals surface area (Å²) in [6, 6.07) is 4.55. The molecule has 1 atom stereocenters. The van der Waals surface area contributed by atoms with Gasteiger partial charge in [0.2, 0.25) is 5.91 Å². The highest BCUT2D eigenvalue weighted by atomic mass is 35.5. The summed E-state index contributed by atoms with van der Waals surface area (Å²) >= 11 is 5.97. The Morgan fingerprint density at radius 1 is 1.32 bits per heavy atom. The molecule has 2 nitrogen and oxygen atoms in total. The molecular formula is C13H15ClF3NO. The Morgan fingerprint density at radius 2 is 1.89 bits per heavy atom. The Balaban J connectivity index is 3.00. The molecule has 0 saturated heterocycles. The second-order valence-corrected chi connectivity index (χ2v) is 4.43. The number of carbonyl (C=O) groups is 1. The number of hydrogen-bond donors (Lipinski definition) is 0. The molecule has 0 bridgehead atoms. The number of likely N-dealkylation sites (N-methyl/N-ethyl adjacent to an activating group) is 1. The quantitative estimate of drug-likeness (QED) is 0.772. The van der Waals surface area contributed by atoms with Gasteiger partial charge in [-0.3, -0.25) is 4.79 Å². The monoisotopic (exact) mass is 293 g/mol. The highest BCUT2D eigenvalue weighted by Gasteiger charge is 2.32. The summed E-state index contributed by atoms with van der Waals surface area (Å²) < 4.78 is 37.8. The van der Waals surface area contributed by atoms with Crippen molar-refractivity contribution in [3.8, 4) is 0 Å². The van der Waals surface area contributed by atoms with E-state index in [-0.39, 0.29) is 11.5 Å². The van der Waals surface area contributed by atoms with Gasteiger partial charge in [0.15, 0.2) is 0 Å². The van der Waals surface area contributed by atoms with Crippen LogP contribution in [-0.4, -0.2) is 23.9 Å². The van der Waals surface area contributed by atoms with Crippen LogP contribution in [0.4, 0.5) is 13.2 Å². The Bertz CT molecular complexity index is 444. The van der Waals surface area contributed by atoms with Gasteiger partial charge in [-0.1, -0.05) is 12.1 Å².